The number of thiazole rings is 1. The van der Waals surface area contributed by atoms with E-state index < -0.39 is 0 Å². The molecule has 0 aliphatic heterocycles. The Morgan fingerprint density at radius 1 is 0.946 bits per heavy atom. The quantitative estimate of drug-likeness (QED) is 0.170. The number of aromatic hydroxyl groups is 1. The summed E-state index contributed by atoms with van der Waals surface area (Å²) in [6, 6.07) is 16.2. The topological polar surface area (TPSA) is 83.5 Å². The van der Waals surface area contributed by atoms with Gasteiger partial charge in [-0.1, -0.05) is 59.7 Å². The number of phenols is 1. The number of nitrogens with one attached hydrogen (secondary N) is 1. The number of amidine groups is 1. The van der Waals surface area contributed by atoms with E-state index in [2.05, 4.69) is 81.5 Å². The Bertz CT molecular complexity index is 1340. The van der Waals surface area contributed by atoms with Crippen LogP contribution in [0.5, 0.6) is 5.75 Å². The Morgan fingerprint density at radius 3 is 2.16 bits per heavy atom. The number of aromatic nitrogens is 1. The van der Waals surface area contributed by atoms with Gasteiger partial charge in [0.05, 0.1) is 16.3 Å². The summed E-state index contributed by atoms with van der Waals surface area (Å²) in [5.41, 5.74) is 11.7. The van der Waals surface area contributed by atoms with Crippen molar-refractivity contribution in [2.24, 2.45) is 10.7 Å². The monoisotopic (exact) mass is 532 g/mol. The zero-order valence-electron chi connectivity index (χ0n) is 22.4. The number of aliphatic imine (C=N–C) groups is 1. The number of nitrogens with zero attached hydrogens (tertiary/aromatic N) is 2. The maximum atomic E-state index is 11.0. The minimum Gasteiger partial charge on any atom is -0.507 e. The van der Waals surface area contributed by atoms with Gasteiger partial charge < -0.3 is 16.2 Å². The van der Waals surface area contributed by atoms with E-state index in [0.29, 0.717) is 18.1 Å². The molecule has 2 aromatic heterocycles. The highest BCUT2D eigenvalue weighted by Crippen LogP contribution is 2.42. The summed E-state index contributed by atoms with van der Waals surface area (Å²) in [6.45, 7) is 14.2. The molecule has 0 amide bonds. The second-order valence-corrected chi connectivity index (χ2v) is 13.2. The molecule has 7 heteroatoms. The Labute approximate surface area is 228 Å². The van der Waals surface area contributed by atoms with Gasteiger partial charge in [0, 0.05) is 35.2 Å². The van der Waals surface area contributed by atoms with Gasteiger partial charge in [0.25, 0.3) is 0 Å². The number of rotatable bonds is 7. The summed E-state index contributed by atoms with van der Waals surface area (Å²) in [7, 11) is 0. The molecule has 0 aliphatic carbocycles. The molecule has 0 saturated carbocycles. The first-order valence-corrected chi connectivity index (χ1v) is 14.2. The van der Waals surface area contributed by atoms with Gasteiger partial charge in [0.15, 0.2) is 0 Å². The molecule has 194 valence electrons. The van der Waals surface area contributed by atoms with Crippen molar-refractivity contribution in [3.63, 3.8) is 0 Å². The van der Waals surface area contributed by atoms with Gasteiger partial charge in [-0.25, -0.2) is 9.98 Å². The summed E-state index contributed by atoms with van der Waals surface area (Å²) < 4.78 is 0. The van der Waals surface area contributed by atoms with Crippen LogP contribution in [0.2, 0.25) is 0 Å². The van der Waals surface area contributed by atoms with Gasteiger partial charge in [0.1, 0.15) is 16.6 Å². The predicted molar refractivity (Wildman–Crippen MR) is 158 cm³/mol. The Hall–Kier alpha value is -3.00. The molecular weight excluding hydrogens is 496 g/mol. The van der Waals surface area contributed by atoms with E-state index in [9.17, 15) is 5.11 Å². The van der Waals surface area contributed by atoms with Crippen molar-refractivity contribution in [3.05, 3.63) is 85.9 Å². The molecule has 2 heterocycles. The van der Waals surface area contributed by atoms with Gasteiger partial charge in [-0.2, -0.15) is 0 Å². The van der Waals surface area contributed by atoms with Crippen LogP contribution in [0.1, 0.15) is 68.1 Å². The van der Waals surface area contributed by atoms with Gasteiger partial charge in [-0.15, -0.1) is 22.7 Å². The molecule has 0 unspecified atom stereocenters. The van der Waals surface area contributed by atoms with Crippen molar-refractivity contribution < 1.29 is 5.11 Å². The molecule has 4 rings (SSSR count). The van der Waals surface area contributed by atoms with Crippen LogP contribution >= 0.6 is 22.7 Å². The van der Waals surface area contributed by atoms with Crippen molar-refractivity contribution in [1.29, 1.82) is 0 Å². The number of hydrogen-bond donors (Lipinski definition) is 3. The SMILES string of the molecule is CC(C)(C)c1cc(-c2csc(CNCc3ccc(N=C(N)c4cccs4)cc3)n2)cc(C(C)(C)C)c1O. The van der Waals surface area contributed by atoms with Crippen molar-refractivity contribution in [2.75, 3.05) is 0 Å². The van der Waals surface area contributed by atoms with Gasteiger partial charge in [-0.3, -0.25) is 0 Å². The lowest BCUT2D eigenvalue weighted by molar-refractivity contribution is 0.423. The second kappa shape index (κ2) is 10.8. The van der Waals surface area contributed by atoms with E-state index in [1.54, 1.807) is 22.7 Å². The van der Waals surface area contributed by atoms with Gasteiger partial charge >= 0.3 is 0 Å². The van der Waals surface area contributed by atoms with Crippen LogP contribution in [-0.4, -0.2) is 15.9 Å². The van der Waals surface area contributed by atoms with E-state index in [1.807, 2.05) is 29.6 Å². The lowest BCUT2D eigenvalue weighted by Crippen LogP contribution is -2.17. The Balaban J connectivity index is 1.43. The van der Waals surface area contributed by atoms with Crippen molar-refractivity contribution in [3.8, 4) is 17.0 Å². The maximum Gasteiger partial charge on any atom is 0.141 e. The van der Waals surface area contributed by atoms with E-state index in [1.165, 1.54) is 5.56 Å². The second-order valence-electron chi connectivity index (χ2n) is 11.3. The number of phenolic OH excluding ortho intramolecular Hbond substituents is 1. The van der Waals surface area contributed by atoms with E-state index in [-0.39, 0.29) is 10.8 Å². The molecular formula is C30H36N4OS2. The van der Waals surface area contributed by atoms with Gasteiger partial charge in [0.2, 0.25) is 0 Å². The fourth-order valence-corrected chi connectivity index (χ4v) is 5.47. The van der Waals surface area contributed by atoms with Crippen LogP contribution in [0.3, 0.4) is 0 Å². The summed E-state index contributed by atoms with van der Waals surface area (Å²) in [6.07, 6.45) is 0. The summed E-state index contributed by atoms with van der Waals surface area (Å²) in [5, 5.41) is 19.6. The maximum absolute atomic E-state index is 11.0. The lowest BCUT2D eigenvalue weighted by atomic mass is 9.78. The Morgan fingerprint density at radius 2 is 1.59 bits per heavy atom. The minimum atomic E-state index is -0.170. The molecule has 0 aliphatic rings. The molecule has 0 radical (unpaired) electrons. The molecule has 0 atom stereocenters. The molecule has 0 bridgehead atoms. The van der Waals surface area contributed by atoms with Crippen LogP contribution in [0.25, 0.3) is 11.3 Å². The van der Waals surface area contributed by atoms with E-state index in [0.717, 1.165) is 44.5 Å². The summed E-state index contributed by atoms with van der Waals surface area (Å²) >= 11 is 3.24. The third-order valence-corrected chi connectivity index (χ3v) is 7.88. The normalized spacial score (nSPS) is 12.8. The van der Waals surface area contributed by atoms with Crippen LogP contribution < -0.4 is 11.1 Å². The number of thiophene rings is 1. The van der Waals surface area contributed by atoms with Crippen LogP contribution in [0, 0.1) is 0 Å². The lowest BCUT2D eigenvalue weighted by Gasteiger charge is -2.28. The first-order valence-electron chi connectivity index (χ1n) is 12.4. The zero-order valence-corrected chi connectivity index (χ0v) is 24.1. The minimum absolute atomic E-state index is 0.170. The van der Waals surface area contributed by atoms with Gasteiger partial charge in [-0.05, 0) is 52.1 Å². The van der Waals surface area contributed by atoms with E-state index >= 15 is 0 Å². The van der Waals surface area contributed by atoms with Crippen LogP contribution in [-0.2, 0) is 23.9 Å². The van der Waals surface area contributed by atoms with Crippen molar-refractivity contribution >= 4 is 34.2 Å². The molecule has 4 aromatic rings. The van der Waals surface area contributed by atoms with Crippen LogP contribution in [0.4, 0.5) is 5.69 Å². The first-order chi connectivity index (χ1) is 17.4. The number of benzene rings is 2. The van der Waals surface area contributed by atoms with Crippen molar-refractivity contribution in [1.82, 2.24) is 10.3 Å². The molecule has 2 aromatic carbocycles. The van der Waals surface area contributed by atoms with Crippen molar-refractivity contribution in [2.45, 2.75) is 65.5 Å². The molecule has 37 heavy (non-hydrogen) atoms. The third kappa shape index (κ3) is 6.66. The molecule has 0 saturated heterocycles. The summed E-state index contributed by atoms with van der Waals surface area (Å²) in [4.78, 5) is 10.4. The molecule has 0 spiro atoms. The Kier molecular flexibility index (Phi) is 7.88. The average Bonchev–Trinajstić information content (AvgIpc) is 3.51. The highest BCUT2D eigenvalue weighted by molar-refractivity contribution is 7.12. The first kappa shape index (κ1) is 27.0. The number of hydrogen-bond acceptors (Lipinski definition) is 6. The standard InChI is InChI=1S/C30H36N4OS2/c1-29(2,3)22-14-20(15-23(27(22)35)30(4,5)6)24-18-37-26(34-24)17-32-16-19-9-11-21(12-10-19)33-28(31)25-8-7-13-36-25/h7-15,18,32,35H,16-17H2,1-6H3,(H2,31,33). The smallest absolute Gasteiger partial charge is 0.141 e. The largest absolute Gasteiger partial charge is 0.507 e. The zero-order chi connectivity index (χ0) is 26.8. The summed E-state index contributed by atoms with van der Waals surface area (Å²) in [5.74, 6) is 0.935. The fourth-order valence-electron chi connectivity index (χ4n) is 4.07. The fraction of sp³-hybridized carbons (Fsp3) is 0.333. The molecule has 5 nitrogen and oxygen atoms in total. The average molecular weight is 533 g/mol. The predicted octanol–water partition coefficient (Wildman–Crippen LogP) is 7.50. The molecule has 0 fully saturated rings. The highest BCUT2D eigenvalue weighted by atomic mass is 32.1. The highest BCUT2D eigenvalue weighted by Gasteiger charge is 2.27. The number of nitrogens with two attached hydrogens (primary N) is 1. The van der Waals surface area contributed by atoms with Crippen LogP contribution in [0.15, 0.2) is 64.3 Å². The van der Waals surface area contributed by atoms with E-state index in [4.69, 9.17) is 10.7 Å². The third-order valence-electron chi connectivity index (χ3n) is 6.14. The molecule has 4 N–H and O–H groups in total.